The van der Waals surface area contributed by atoms with E-state index in [0.717, 1.165) is 55.4 Å². The summed E-state index contributed by atoms with van der Waals surface area (Å²) in [6.45, 7) is 9.44. The fourth-order valence-corrected chi connectivity index (χ4v) is 5.60. The predicted molar refractivity (Wildman–Crippen MR) is 131 cm³/mol. The molecule has 1 saturated heterocycles. The van der Waals surface area contributed by atoms with Crippen LogP contribution in [0.25, 0.3) is 0 Å². The highest BCUT2D eigenvalue weighted by molar-refractivity contribution is 9.10. The molecule has 0 bridgehead atoms. The topological polar surface area (TPSA) is 38.8 Å². The SMILES string of the molecule is CCc1cc(O[C@H]2CCc3cccc(Br)c32)ccc1C1CCN(C(=O)OC(C)(C)C)CC1. The van der Waals surface area contributed by atoms with Gasteiger partial charge in [0.1, 0.15) is 17.5 Å². The number of carbonyl (C=O) groups excluding carboxylic acids is 1. The van der Waals surface area contributed by atoms with Crippen molar-refractivity contribution in [3.8, 4) is 5.75 Å². The number of fused-ring (bicyclic) bond motifs is 1. The van der Waals surface area contributed by atoms with Crippen molar-refractivity contribution in [3.63, 3.8) is 0 Å². The fourth-order valence-electron chi connectivity index (χ4n) is 4.93. The monoisotopic (exact) mass is 499 g/mol. The largest absolute Gasteiger partial charge is 0.486 e. The molecule has 172 valence electrons. The molecule has 1 atom stereocenters. The standard InChI is InChI=1S/C27H34BrNO3/c1-5-18-17-21(31-24-12-9-20-7-6-8-23(28)25(20)24)10-11-22(18)19-13-15-29(16-14-19)26(30)32-27(2,3)4/h6-8,10-11,17,19,24H,5,9,12-16H2,1-4H3/t24-/m0/s1. The van der Waals surface area contributed by atoms with E-state index in [0.29, 0.717) is 5.92 Å². The number of amides is 1. The van der Waals surface area contributed by atoms with E-state index in [1.165, 1.54) is 22.3 Å². The van der Waals surface area contributed by atoms with Gasteiger partial charge < -0.3 is 14.4 Å². The van der Waals surface area contributed by atoms with Gasteiger partial charge in [0, 0.05) is 23.1 Å². The Kier molecular flexibility index (Phi) is 6.85. The van der Waals surface area contributed by atoms with Gasteiger partial charge in [-0.3, -0.25) is 0 Å². The number of hydrogen-bond donors (Lipinski definition) is 0. The third-order valence-electron chi connectivity index (χ3n) is 6.50. The van der Waals surface area contributed by atoms with E-state index in [9.17, 15) is 4.79 Å². The lowest BCUT2D eigenvalue weighted by Crippen LogP contribution is -2.41. The summed E-state index contributed by atoms with van der Waals surface area (Å²) in [7, 11) is 0. The van der Waals surface area contributed by atoms with Crippen LogP contribution < -0.4 is 4.74 Å². The van der Waals surface area contributed by atoms with Gasteiger partial charge >= 0.3 is 6.09 Å². The molecule has 0 saturated carbocycles. The molecule has 0 unspecified atom stereocenters. The maximum absolute atomic E-state index is 12.4. The van der Waals surface area contributed by atoms with E-state index >= 15 is 0 Å². The van der Waals surface area contributed by atoms with Crippen molar-refractivity contribution in [1.82, 2.24) is 4.90 Å². The summed E-state index contributed by atoms with van der Waals surface area (Å²) < 4.78 is 13.1. The third kappa shape index (κ3) is 5.14. The Morgan fingerprint density at radius 2 is 1.88 bits per heavy atom. The predicted octanol–water partition coefficient (Wildman–Crippen LogP) is 7.19. The van der Waals surface area contributed by atoms with E-state index in [2.05, 4.69) is 59.3 Å². The van der Waals surface area contributed by atoms with Crippen LogP contribution >= 0.6 is 15.9 Å². The van der Waals surface area contributed by atoms with Gasteiger partial charge in [0.05, 0.1) is 0 Å². The van der Waals surface area contributed by atoms with Crippen LogP contribution in [-0.2, 0) is 17.6 Å². The van der Waals surface area contributed by atoms with Crippen molar-refractivity contribution < 1.29 is 14.3 Å². The number of likely N-dealkylation sites (tertiary alicyclic amines) is 1. The highest BCUT2D eigenvalue weighted by atomic mass is 79.9. The Morgan fingerprint density at radius 3 is 2.56 bits per heavy atom. The van der Waals surface area contributed by atoms with Gasteiger partial charge in [0.15, 0.2) is 0 Å². The summed E-state index contributed by atoms with van der Waals surface area (Å²) in [5, 5.41) is 0. The zero-order chi connectivity index (χ0) is 22.9. The van der Waals surface area contributed by atoms with Crippen LogP contribution in [0.2, 0.25) is 0 Å². The Balaban J connectivity index is 1.43. The zero-order valence-corrected chi connectivity index (χ0v) is 21.2. The van der Waals surface area contributed by atoms with Crippen molar-refractivity contribution in [1.29, 1.82) is 0 Å². The van der Waals surface area contributed by atoms with E-state index < -0.39 is 5.60 Å². The maximum Gasteiger partial charge on any atom is 0.410 e. The molecule has 0 radical (unpaired) electrons. The molecule has 2 aliphatic rings. The van der Waals surface area contributed by atoms with E-state index in [4.69, 9.17) is 9.47 Å². The molecule has 1 amide bonds. The molecule has 4 nitrogen and oxygen atoms in total. The van der Waals surface area contributed by atoms with Crippen molar-refractivity contribution in [2.75, 3.05) is 13.1 Å². The van der Waals surface area contributed by atoms with E-state index in [-0.39, 0.29) is 12.2 Å². The summed E-state index contributed by atoms with van der Waals surface area (Å²) in [5.41, 5.74) is 4.98. The van der Waals surface area contributed by atoms with Crippen LogP contribution in [0.3, 0.4) is 0 Å². The second-order valence-electron chi connectivity index (χ2n) is 9.91. The molecule has 1 heterocycles. The molecule has 0 spiro atoms. The molecule has 5 heteroatoms. The average Bonchev–Trinajstić information content (AvgIpc) is 3.16. The van der Waals surface area contributed by atoms with Gasteiger partial charge in [-0.15, -0.1) is 0 Å². The summed E-state index contributed by atoms with van der Waals surface area (Å²) >= 11 is 3.71. The van der Waals surface area contributed by atoms with Gasteiger partial charge in [0.2, 0.25) is 0 Å². The van der Waals surface area contributed by atoms with Gasteiger partial charge in [-0.05, 0) is 93.7 Å². The minimum Gasteiger partial charge on any atom is -0.486 e. The number of hydrogen-bond acceptors (Lipinski definition) is 3. The van der Waals surface area contributed by atoms with Crippen LogP contribution in [0.15, 0.2) is 40.9 Å². The minimum absolute atomic E-state index is 0.105. The Morgan fingerprint density at radius 1 is 1.12 bits per heavy atom. The first-order valence-electron chi connectivity index (χ1n) is 11.8. The number of benzene rings is 2. The lowest BCUT2D eigenvalue weighted by atomic mass is 9.86. The Bertz CT molecular complexity index is 973. The molecule has 2 aromatic carbocycles. The van der Waals surface area contributed by atoms with Gasteiger partial charge in [-0.25, -0.2) is 4.79 Å². The molecular formula is C27H34BrNO3. The van der Waals surface area contributed by atoms with Crippen molar-refractivity contribution in [2.45, 2.75) is 77.4 Å². The van der Waals surface area contributed by atoms with Crippen molar-refractivity contribution in [3.05, 3.63) is 63.1 Å². The molecule has 4 rings (SSSR count). The van der Waals surface area contributed by atoms with Crippen LogP contribution in [0, 0.1) is 0 Å². The minimum atomic E-state index is -0.450. The normalized spacial score (nSPS) is 19.0. The number of rotatable bonds is 4. The number of nitrogens with zero attached hydrogens (tertiary/aromatic N) is 1. The summed E-state index contributed by atoms with van der Waals surface area (Å²) in [5.74, 6) is 1.42. The molecule has 0 N–H and O–H groups in total. The highest BCUT2D eigenvalue weighted by Gasteiger charge is 2.29. The number of halogens is 1. The average molecular weight is 500 g/mol. The lowest BCUT2D eigenvalue weighted by molar-refractivity contribution is 0.0204. The quantitative estimate of drug-likeness (QED) is 0.446. The summed E-state index contributed by atoms with van der Waals surface area (Å²) in [6, 6.07) is 13.0. The van der Waals surface area contributed by atoms with Gasteiger partial charge in [0.25, 0.3) is 0 Å². The van der Waals surface area contributed by atoms with Crippen LogP contribution in [0.4, 0.5) is 4.79 Å². The van der Waals surface area contributed by atoms with E-state index in [1.54, 1.807) is 0 Å². The van der Waals surface area contributed by atoms with Gasteiger partial charge in [-0.2, -0.15) is 0 Å². The van der Waals surface area contributed by atoms with E-state index in [1.807, 2.05) is 25.7 Å². The maximum atomic E-state index is 12.4. The Hall–Kier alpha value is -2.01. The van der Waals surface area contributed by atoms with Crippen molar-refractivity contribution >= 4 is 22.0 Å². The van der Waals surface area contributed by atoms with Crippen molar-refractivity contribution in [2.24, 2.45) is 0 Å². The number of carbonyl (C=O) groups is 1. The molecule has 0 aromatic heterocycles. The molecular weight excluding hydrogens is 466 g/mol. The van der Waals surface area contributed by atoms with Crippen LogP contribution in [0.1, 0.15) is 81.2 Å². The number of piperidine rings is 1. The second-order valence-corrected chi connectivity index (χ2v) is 10.8. The number of ether oxygens (including phenoxy) is 2. The second kappa shape index (κ2) is 9.46. The lowest BCUT2D eigenvalue weighted by Gasteiger charge is -2.34. The first kappa shape index (κ1) is 23.2. The first-order valence-corrected chi connectivity index (χ1v) is 12.6. The van der Waals surface area contributed by atoms with Crippen LogP contribution in [0.5, 0.6) is 5.75 Å². The molecule has 1 aliphatic heterocycles. The first-order chi connectivity index (χ1) is 15.2. The third-order valence-corrected chi connectivity index (χ3v) is 7.19. The number of aryl methyl sites for hydroxylation is 2. The Labute approximate surface area is 200 Å². The van der Waals surface area contributed by atoms with Gasteiger partial charge in [-0.1, -0.05) is 41.1 Å². The summed E-state index contributed by atoms with van der Waals surface area (Å²) in [4.78, 5) is 14.2. The zero-order valence-electron chi connectivity index (χ0n) is 19.6. The highest BCUT2D eigenvalue weighted by Crippen LogP contribution is 2.40. The molecule has 1 aliphatic carbocycles. The molecule has 2 aromatic rings. The fraction of sp³-hybridized carbons (Fsp3) is 0.519. The molecule has 1 fully saturated rings. The summed E-state index contributed by atoms with van der Waals surface area (Å²) in [6.07, 6.45) is 4.90. The molecule has 32 heavy (non-hydrogen) atoms. The smallest absolute Gasteiger partial charge is 0.410 e. The van der Waals surface area contributed by atoms with Crippen LogP contribution in [-0.4, -0.2) is 29.7 Å².